The quantitative estimate of drug-likeness (QED) is 0.184. The van der Waals surface area contributed by atoms with Crippen LogP contribution in [-0.4, -0.2) is 41.6 Å². The number of aromatic hydroxyl groups is 1. The summed E-state index contributed by atoms with van der Waals surface area (Å²) in [7, 11) is -3.53. The van der Waals surface area contributed by atoms with Crippen molar-refractivity contribution in [1.82, 2.24) is 19.7 Å². The van der Waals surface area contributed by atoms with Crippen molar-refractivity contribution >= 4 is 15.8 Å². The molecule has 0 fully saturated rings. The summed E-state index contributed by atoms with van der Waals surface area (Å²) < 4.78 is 27.4. The van der Waals surface area contributed by atoms with Crippen LogP contribution >= 0.6 is 0 Å². The van der Waals surface area contributed by atoms with Crippen molar-refractivity contribution in [2.45, 2.75) is 11.3 Å². The number of rotatable bonds is 10. The van der Waals surface area contributed by atoms with Gasteiger partial charge >= 0.3 is 0 Å². The first kappa shape index (κ1) is 25.2. The number of imidazole rings is 1. The Morgan fingerprint density at radius 1 is 0.789 bits per heavy atom. The molecule has 192 valence electrons. The molecule has 38 heavy (non-hydrogen) atoms. The zero-order chi connectivity index (χ0) is 26.4. The minimum atomic E-state index is -3.53. The van der Waals surface area contributed by atoms with Gasteiger partial charge in [0.25, 0.3) is 0 Å². The maximum absolute atomic E-state index is 12.4. The maximum Gasteiger partial charge on any atom is 0.240 e. The minimum absolute atomic E-state index is 0.165. The summed E-state index contributed by atoms with van der Waals surface area (Å²) in [5.41, 5.74) is 4.13. The van der Waals surface area contributed by atoms with Crippen LogP contribution in [0.15, 0.2) is 108 Å². The van der Waals surface area contributed by atoms with E-state index in [1.807, 2.05) is 48.5 Å². The number of nitrogens with zero attached hydrogens (tertiary/aromatic N) is 2. The van der Waals surface area contributed by atoms with Gasteiger partial charge in [-0.1, -0.05) is 60.7 Å². The molecule has 0 radical (unpaired) electrons. The molecule has 0 atom stereocenters. The van der Waals surface area contributed by atoms with Gasteiger partial charge in [0, 0.05) is 36.0 Å². The fourth-order valence-corrected chi connectivity index (χ4v) is 5.15. The van der Waals surface area contributed by atoms with Crippen LogP contribution in [0, 0.1) is 0 Å². The molecule has 4 N–H and O–H groups in total. The molecule has 0 aliphatic carbocycles. The van der Waals surface area contributed by atoms with Gasteiger partial charge in [0.2, 0.25) is 10.0 Å². The monoisotopic (exact) mass is 525 g/mol. The number of aromatic amines is 1. The lowest BCUT2D eigenvalue weighted by Crippen LogP contribution is -2.26. The second-order valence-corrected chi connectivity index (χ2v) is 10.4. The minimum Gasteiger partial charge on any atom is -0.508 e. The standard InChI is InChI=1S/C29H27N5O3S/c35-24-12-7-11-22(19-24)27-28(34-29(33-27)21-9-3-1-4-10-21)23-15-18-31-26(20-23)30-16-8-17-32-38(36,37)25-13-5-2-6-14-25/h1-7,9-15,18-20,32,35H,8,16-17H2,(H,30,31)(H,33,34). The van der Waals surface area contributed by atoms with Crippen molar-refractivity contribution in [2.75, 3.05) is 18.4 Å². The number of nitrogens with one attached hydrogen (secondary N) is 3. The highest BCUT2D eigenvalue weighted by Gasteiger charge is 2.16. The molecule has 2 aromatic heterocycles. The normalized spacial score (nSPS) is 11.4. The molecular formula is C29H27N5O3S. The molecule has 9 heteroatoms. The van der Waals surface area contributed by atoms with Crippen LogP contribution in [-0.2, 0) is 10.0 Å². The van der Waals surface area contributed by atoms with Crippen molar-refractivity contribution in [3.8, 4) is 39.7 Å². The van der Waals surface area contributed by atoms with E-state index in [-0.39, 0.29) is 10.6 Å². The zero-order valence-corrected chi connectivity index (χ0v) is 21.3. The third-order valence-corrected chi connectivity index (χ3v) is 7.40. The molecule has 5 aromatic rings. The molecule has 0 bridgehead atoms. The third-order valence-electron chi connectivity index (χ3n) is 5.92. The lowest BCUT2D eigenvalue weighted by atomic mass is 10.1. The van der Waals surface area contributed by atoms with Crippen LogP contribution in [0.5, 0.6) is 5.75 Å². The first-order valence-corrected chi connectivity index (χ1v) is 13.7. The first-order chi connectivity index (χ1) is 18.5. The van der Waals surface area contributed by atoms with Crippen LogP contribution in [0.1, 0.15) is 6.42 Å². The molecule has 0 amide bonds. The SMILES string of the molecule is O=S(=O)(NCCCNc1cc(-c2[nH]c(-c3ccccc3)nc2-c2cccc(O)c2)ccn1)c1ccccc1. The van der Waals surface area contributed by atoms with Gasteiger partial charge in [0.15, 0.2) is 0 Å². The Labute approximate surface area is 221 Å². The summed E-state index contributed by atoms with van der Waals surface area (Å²) >= 11 is 0. The van der Waals surface area contributed by atoms with Crippen molar-refractivity contribution in [3.05, 3.63) is 103 Å². The summed E-state index contributed by atoms with van der Waals surface area (Å²) in [6.07, 6.45) is 2.29. The lowest BCUT2D eigenvalue weighted by Gasteiger charge is -2.09. The molecule has 0 spiro atoms. The fraction of sp³-hybridized carbons (Fsp3) is 0.103. The van der Waals surface area contributed by atoms with E-state index in [1.165, 1.54) is 0 Å². The predicted molar refractivity (Wildman–Crippen MR) is 149 cm³/mol. The Hall–Kier alpha value is -4.47. The van der Waals surface area contributed by atoms with E-state index in [4.69, 9.17) is 4.98 Å². The summed E-state index contributed by atoms with van der Waals surface area (Å²) in [5.74, 6) is 1.54. The molecule has 2 heterocycles. The van der Waals surface area contributed by atoms with Crippen molar-refractivity contribution in [1.29, 1.82) is 0 Å². The van der Waals surface area contributed by atoms with Crippen LogP contribution in [0.25, 0.3) is 33.9 Å². The van der Waals surface area contributed by atoms with Crippen LogP contribution < -0.4 is 10.0 Å². The molecule has 5 rings (SSSR count). The van der Waals surface area contributed by atoms with E-state index in [9.17, 15) is 13.5 Å². The summed E-state index contributed by atoms with van der Waals surface area (Å²) in [6, 6.07) is 29.0. The summed E-state index contributed by atoms with van der Waals surface area (Å²) in [5, 5.41) is 13.3. The molecular weight excluding hydrogens is 498 g/mol. The number of hydrogen-bond donors (Lipinski definition) is 4. The van der Waals surface area contributed by atoms with E-state index in [2.05, 4.69) is 20.0 Å². The average molecular weight is 526 g/mol. The molecule has 0 saturated carbocycles. The highest BCUT2D eigenvalue weighted by molar-refractivity contribution is 7.89. The number of hydrogen-bond acceptors (Lipinski definition) is 6. The summed E-state index contributed by atoms with van der Waals surface area (Å²) in [4.78, 5) is 13.0. The highest BCUT2D eigenvalue weighted by Crippen LogP contribution is 2.34. The van der Waals surface area contributed by atoms with Gasteiger partial charge < -0.3 is 15.4 Å². The van der Waals surface area contributed by atoms with Crippen LogP contribution in [0.4, 0.5) is 5.82 Å². The van der Waals surface area contributed by atoms with Crippen molar-refractivity contribution < 1.29 is 13.5 Å². The molecule has 0 aliphatic rings. The number of phenols is 1. The van der Waals surface area contributed by atoms with E-state index in [0.29, 0.717) is 31.0 Å². The van der Waals surface area contributed by atoms with Gasteiger partial charge in [0.05, 0.1) is 16.3 Å². The summed E-state index contributed by atoms with van der Waals surface area (Å²) in [6.45, 7) is 0.831. The Morgan fingerprint density at radius 2 is 1.53 bits per heavy atom. The number of H-pyrrole nitrogens is 1. The van der Waals surface area contributed by atoms with Gasteiger partial charge in [-0.05, 0) is 42.8 Å². The van der Waals surface area contributed by atoms with Gasteiger partial charge in [-0.15, -0.1) is 0 Å². The van der Waals surface area contributed by atoms with Gasteiger partial charge in [-0.25, -0.2) is 23.1 Å². The first-order valence-electron chi connectivity index (χ1n) is 12.2. The maximum atomic E-state index is 12.4. The second kappa shape index (κ2) is 11.3. The van der Waals surface area contributed by atoms with Crippen LogP contribution in [0.3, 0.4) is 0 Å². The highest BCUT2D eigenvalue weighted by atomic mass is 32.2. The topological polar surface area (TPSA) is 120 Å². The predicted octanol–water partition coefficient (Wildman–Crippen LogP) is 5.29. The Kier molecular flexibility index (Phi) is 7.48. The fourth-order valence-electron chi connectivity index (χ4n) is 4.05. The number of aromatic nitrogens is 3. The van der Waals surface area contributed by atoms with Crippen molar-refractivity contribution in [3.63, 3.8) is 0 Å². The molecule has 3 aromatic carbocycles. The largest absolute Gasteiger partial charge is 0.508 e. The van der Waals surface area contributed by atoms with Gasteiger partial charge in [-0.3, -0.25) is 0 Å². The number of anilines is 1. The van der Waals surface area contributed by atoms with E-state index in [0.717, 1.165) is 28.2 Å². The smallest absolute Gasteiger partial charge is 0.240 e. The Bertz CT molecular complexity index is 1620. The second-order valence-electron chi connectivity index (χ2n) is 8.65. The number of phenolic OH excluding ortho intramolecular Hbond substituents is 1. The third kappa shape index (κ3) is 5.91. The molecule has 0 unspecified atom stereocenters. The Balaban J connectivity index is 1.32. The van der Waals surface area contributed by atoms with Crippen LogP contribution in [0.2, 0.25) is 0 Å². The number of benzene rings is 3. The lowest BCUT2D eigenvalue weighted by molar-refractivity contribution is 0.475. The number of pyridine rings is 1. The zero-order valence-electron chi connectivity index (χ0n) is 20.5. The van der Waals surface area contributed by atoms with E-state index < -0.39 is 10.0 Å². The molecule has 0 saturated heterocycles. The molecule has 8 nitrogen and oxygen atoms in total. The van der Waals surface area contributed by atoms with E-state index >= 15 is 0 Å². The Morgan fingerprint density at radius 3 is 2.29 bits per heavy atom. The average Bonchev–Trinajstić information content (AvgIpc) is 3.40. The molecule has 0 aliphatic heterocycles. The van der Waals surface area contributed by atoms with E-state index in [1.54, 1.807) is 54.7 Å². The van der Waals surface area contributed by atoms with Gasteiger partial charge in [-0.2, -0.15) is 0 Å². The number of sulfonamides is 1. The van der Waals surface area contributed by atoms with Crippen molar-refractivity contribution in [2.24, 2.45) is 0 Å². The van der Waals surface area contributed by atoms with Gasteiger partial charge in [0.1, 0.15) is 17.4 Å².